The van der Waals surface area contributed by atoms with Crippen LogP contribution in [0.4, 0.5) is 11.4 Å². The summed E-state index contributed by atoms with van der Waals surface area (Å²) in [7, 11) is 0. The van der Waals surface area contributed by atoms with Crippen LogP contribution in [-0.2, 0) is 0 Å². The summed E-state index contributed by atoms with van der Waals surface area (Å²) in [5, 5.41) is 14.7. The van der Waals surface area contributed by atoms with E-state index in [4.69, 9.17) is 0 Å². The number of anilines is 2. The van der Waals surface area contributed by atoms with Gasteiger partial charge in [0.15, 0.2) is 0 Å². The van der Waals surface area contributed by atoms with Gasteiger partial charge in [-0.3, -0.25) is 0 Å². The van der Waals surface area contributed by atoms with E-state index in [2.05, 4.69) is 173 Å². The molecule has 10 rings (SSSR count). The summed E-state index contributed by atoms with van der Waals surface area (Å²) in [4.78, 5) is 2.42. The van der Waals surface area contributed by atoms with Gasteiger partial charge in [0.25, 0.3) is 0 Å². The number of para-hydroxylation sites is 2. The Balaban J connectivity index is 1.13. The molecule has 3 unspecified atom stereocenters. The summed E-state index contributed by atoms with van der Waals surface area (Å²) in [5.74, 6) is 0.148. The fraction of sp³-hybridized carbons (Fsp3) is 0.0851. The van der Waals surface area contributed by atoms with Crippen LogP contribution >= 0.6 is 0 Å². The van der Waals surface area contributed by atoms with Crippen LogP contribution < -0.4 is 4.90 Å². The zero-order valence-corrected chi connectivity index (χ0v) is 27.4. The topological polar surface area (TPSA) is 32.0 Å². The molecule has 3 nitrogen and oxygen atoms in total. The van der Waals surface area contributed by atoms with Crippen LogP contribution in [-0.4, -0.2) is 10.6 Å². The van der Waals surface area contributed by atoms with Gasteiger partial charge in [0.1, 0.15) is 0 Å². The minimum absolute atomic E-state index is 0.0580. The van der Waals surface area contributed by atoms with Crippen LogP contribution in [0.2, 0.25) is 0 Å². The third kappa shape index (κ3) is 4.35. The standard InChI is InChI=1S/C47H33N3/c48-30-31-15-22-37(23-16-31)49(35-9-3-1-4-10-35)44-27-20-33-18-25-40-38(24-17-32-19-26-41(44)47(33)46(32)40)34-21-28-45-42(29-34)39-13-7-8-14-43(39)50(45)36-11-5-2-6-12-36/h1-11,13-29,36,41,44H,12H2. The van der Waals surface area contributed by atoms with Crippen molar-refractivity contribution in [1.82, 2.24) is 4.57 Å². The summed E-state index contributed by atoms with van der Waals surface area (Å²) in [5.41, 5.74) is 11.9. The zero-order valence-electron chi connectivity index (χ0n) is 27.4. The van der Waals surface area contributed by atoms with Crippen molar-refractivity contribution in [2.24, 2.45) is 0 Å². The van der Waals surface area contributed by atoms with Crippen LogP contribution in [0.3, 0.4) is 0 Å². The second-order valence-electron chi connectivity index (χ2n) is 13.5. The molecular formula is C47H33N3. The van der Waals surface area contributed by atoms with E-state index in [1.165, 1.54) is 60.4 Å². The van der Waals surface area contributed by atoms with Crippen molar-refractivity contribution in [3.63, 3.8) is 0 Å². The monoisotopic (exact) mass is 639 g/mol. The molecular weight excluding hydrogens is 607 g/mol. The van der Waals surface area contributed by atoms with E-state index in [1.54, 1.807) is 0 Å². The molecule has 0 aliphatic heterocycles. The quantitative estimate of drug-likeness (QED) is 0.188. The second-order valence-corrected chi connectivity index (χ2v) is 13.5. The lowest BCUT2D eigenvalue weighted by molar-refractivity contribution is 0.648. The van der Waals surface area contributed by atoms with Gasteiger partial charge in [-0.05, 0) is 99.6 Å². The average Bonchev–Trinajstić information content (AvgIpc) is 3.52. The van der Waals surface area contributed by atoms with Gasteiger partial charge in [-0.2, -0.15) is 5.26 Å². The lowest BCUT2D eigenvalue weighted by Gasteiger charge is -2.40. The first kappa shape index (κ1) is 28.6. The van der Waals surface area contributed by atoms with Gasteiger partial charge < -0.3 is 9.47 Å². The third-order valence-electron chi connectivity index (χ3n) is 10.9. The Morgan fingerprint density at radius 1 is 0.640 bits per heavy atom. The molecule has 0 radical (unpaired) electrons. The van der Waals surface area contributed by atoms with Gasteiger partial charge in [0, 0.05) is 39.1 Å². The van der Waals surface area contributed by atoms with Gasteiger partial charge in [-0.1, -0.05) is 115 Å². The molecule has 50 heavy (non-hydrogen) atoms. The maximum absolute atomic E-state index is 9.50. The van der Waals surface area contributed by atoms with Gasteiger partial charge in [-0.25, -0.2) is 0 Å². The van der Waals surface area contributed by atoms with E-state index in [0.717, 1.165) is 17.8 Å². The fourth-order valence-electron chi connectivity index (χ4n) is 8.63. The van der Waals surface area contributed by atoms with Gasteiger partial charge in [0.05, 0.1) is 23.7 Å². The minimum atomic E-state index is 0.0580. The number of allylic oxidation sites excluding steroid dienone is 4. The van der Waals surface area contributed by atoms with Crippen LogP contribution in [0.5, 0.6) is 0 Å². The van der Waals surface area contributed by atoms with Crippen LogP contribution in [0.15, 0.2) is 158 Å². The average molecular weight is 640 g/mol. The Bertz CT molecular complexity index is 2640. The number of hydrogen-bond acceptors (Lipinski definition) is 2. The highest BCUT2D eigenvalue weighted by molar-refractivity contribution is 6.12. The van der Waals surface area contributed by atoms with E-state index in [0.29, 0.717) is 11.6 Å². The molecule has 1 heterocycles. The largest absolute Gasteiger partial charge is 0.334 e. The van der Waals surface area contributed by atoms with Gasteiger partial charge >= 0.3 is 0 Å². The van der Waals surface area contributed by atoms with E-state index in [9.17, 15) is 5.26 Å². The Morgan fingerprint density at radius 3 is 2.26 bits per heavy atom. The Hall–Kier alpha value is -6.37. The molecule has 0 fully saturated rings. The maximum Gasteiger partial charge on any atom is 0.0991 e. The van der Waals surface area contributed by atoms with E-state index < -0.39 is 0 Å². The fourth-order valence-corrected chi connectivity index (χ4v) is 8.63. The molecule has 1 aromatic heterocycles. The number of benzene rings is 6. The highest BCUT2D eigenvalue weighted by Gasteiger charge is 2.34. The number of aromatic nitrogens is 1. The third-order valence-corrected chi connectivity index (χ3v) is 10.9. The molecule has 7 aromatic rings. The zero-order chi connectivity index (χ0) is 33.2. The van der Waals surface area contributed by atoms with Crippen LogP contribution in [0.25, 0.3) is 55.9 Å². The van der Waals surface area contributed by atoms with E-state index in [-0.39, 0.29) is 12.0 Å². The molecule has 236 valence electrons. The predicted octanol–water partition coefficient (Wildman–Crippen LogP) is 11.9. The molecule has 0 amide bonds. The highest BCUT2D eigenvalue weighted by atomic mass is 15.2. The number of rotatable bonds is 5. The first-order chi connectivity index (χ1) is 24.8. The molecule has 0 saturated heterocycles. The first-order valence-corrected chi connectivity index (χ1v) is 17.4. The molecule has 0 saturated carbocycles. The summed E-state index contributed by atoms with van der Waals surface area (Å²) in [6.45, 7) is 0. The maximum atomic E-state index is 9.50. The summed E-state index contributed by atoms with van der Waals surface area (Å²) in [6.07, 6.45) is 19.3. The molecule has 3 heteroatoms. The Kier molecular flexibility index (Phi) is 6.51. The smallest absolute Gasteiger partial charge is 0.0991 e. The van der Waals surface area contributed by atoms with Crippen LogP contribution in [0, 0.1) is 11.3 Å². The van der Waals surface area contributed by atoms with Crippen LogP contribution in [0.1, 0.15) is 40.6 Å². The molecule has 3 atom stereocenters. The minimum Gasteiger partial charge on any atom is -0.334 e. The van der Waals surface area contributed by atoms with Gasteiger partial charge in [0.2, 0.25) is 0 Å². The molecule has 3 aliphatic carbocycles. The van der Waals surface area contributed by atoms with Crippen molar-refractivity contribution in [2.45, 2.75) is 24.4 Å². The normalized spacial score (nSPS) is 18.6. The molecule has 0 spiro atoms. The van der Waals surface area contributed by atoms with Crippen molar-refractivity contribution >= 4 is 56.1 Å². The molecule has 6 aromatic carbocycles. The molecule has 0 N–H and O–H groups in total. The van der Waals surface area contributed by atoms with Crippen molar-refractivity contribution < 1.29 is 0 Å². The number of hydrogen-bond donors (Lipinski definition) is 0. The number of nitriles is 1. The lowest BCUT2D eigenvalue weighted by atomic mass is 9.75. The highest BCUT2D eigenvalue weighted by Crippen LogP contribution is 2.48. The van der Waals surface area contributed by atoms with E-state index >= 15 is 0 Å². The first-order valence-electron chi connectivity index (χ1n) is 17.4. The SMILES string of the molecule is N#Cc1ccc(N(c2ccccc2)C2C=Cc3ccc4c(-c5ccc6c(c5)c5ccccc5n6C5C=CC=CC5)ccc5c4c3C2C=C5)cc1. The molecule has 3 aliphatic rings. The van der Waals surface area contributed by atoms with E-state index in [1.807, 2.05) is 12.1 Å². The second kappa shape index (κ2) is 11.4. The Labute approximate surface area is 291 Å². The predicted molar refractivity (Wildman–Crippen MR) is 209 cm³/mol. The summed E-state index contributed by atoms with van der Waals surface area (Å²) < 4.78 is 2.51. The van der Waals surface area contributed by atoms with Crippen molar-refractivity contribution in [3.05, 3.63) is 180 Å². The number of fused-ring (bicyclic) bond motifs is 3. The summed E-state index contributed by atoms with van der Waals surface area (Å²) in [6, 6.07) is 46.4. The van der Waals surface area contributed by atoms with Crippen molar-refractivity contribution in [3.8, 4) is 17.2 Å². The van der Waals surface area contributed by atoms with Gasteiger partial charge in [-0.15, -0.1) is 0 Å². The Morgan fingerprint density at radius 2 is 1.42 bits per heavy atom. The molecule has 0 bridgehead atoms. The van der Waals surface area contributed by atoms with Crippen molar-refractivity contribution in [2.75, 3.05) is 4.90 Å². The van der Waals surface area contributed by atoms with Crippen molar-refractivity contribution in [1.29, 1.82) is 5.26 Å². The summed E-state index contributed by atoms with van der Waals surface area (Å²) >= 11 is 0. The lowest BCUT2D eigenvalue weighted by Crippen LogP contribution is -2.36. The number of nitrogens with zero attached hydrogens (tertiary/aromatic N) is 3.